The van der Waals surface area contributed by atoms with Crippen LogP contribution in [0.3, 0.4) is 0 Å². The molecule has 8 nitrogen and oxygen atoms in total. The number of amides is 4. The lowest BCUT2D eigenvalue weighted by Gasteiger charge is -2.22. The number of rotatable bonds is 7. The molecule has 0 saturated carbocycles. The summed E-state index contributed by atoms with van der Waals surface area (Å²) in [5.41, 5.74) is -0.256. The zero-order valence-corrected chi connectivity index (χ0v) is 17.9. The summed E-state index contributed by atoms with van der Waals surface area (Å²) in [6.07, 6.45) is 0.184. The SMILES string of the molecule is COc1ccc(C[C@@]2(C)NC(=O)N(CC(=O)Nc3ccc(F)c(Cl)c3)C2=O)cc1OC. The van der Waals surface area contributed by atoms with Crippen LogP contribution in [0, 0.1) is 5.82 Å². The molecule has 0 bridgehead atoms. The van der Waals surface area contributed by atoms with E-state index in [-0.39, 0.29) is 17.1 Å². The number of halogens is 2. The van der Waals surface area contributed by atoms with Crippen molar-refractivity contribution in [3.05, 3.63) is 52.8 Å². The van der Waals surface area contributed by atoms with Crippen LogP contribution in [0.25, 0.3) is 0 Å². The maximum atomic E-state index is 13.3. The number of benzene rings is 2. The Morgan fingerprint density at radius 3 is 2.52 bits per heavy atom. The van der Waals surface area contributed by atoms with Crippen LogP contribution in [0.15, 0.2) is 36.4 Å². The molecule has 0 aromatic heterocycles. The van der Waals surface area contributed by atoms with E-state index >= 15 is 0 Å². The van der Waals surface area contributed by atoms with Gasteiger partial charge in [-0.1, -0.05) is 17.7 Å². The van der Waals surface area contributed by atoms with Gasteiger partial charge in [0, 0.05) is 12.1 Å². The number of anilines is 1. The van der Waals surface area contributed by atoms with E-state index in [9.17, 15) is 18.8 Å². The third-order valence-electron chi connectivity index (χ3n) is 4.86. The number of nitrogens with zero attached hydrogens (tertiary/aromatic N) is 1. The molecule has 2 aromatic rings. The predicted octanol–water partition coefficient (Wildman–Crippen LogP) is 2.99. The largest absolute Gasteiger partial charge is 0.493 e. The molecule has 31 heavy (non-hydrogen) atoms. The fraction of sp³-hybridized carbons (Fsp3) is 0.286. The van der Waals surface area contributed by atoms with Gasteiger partial charge >= 0.3 is 6.03 Å². The van der Waals surface area contributed by atoms with E-state index in [0.29, 0.717) is 11.5 Å². The molecule has 1 fully saturated rings. The zero-order chi connectivity index (χ0) is 22.8. The molecule has 1 saturated heterocycles. The molecule has 0 spiro atoms. The summed E-state index contributed by atoms with van der Waals surface area (Å²) in [7, 11) is 3.02. The van der Waals surface area contributed by atoms with Crippen LogP contribution in [-0.4, -0.2) is 49.0 Å². The van der Waals surface area contributed by atoms with Gasteiger partial charge in [-0.2, -0.15) is 0 Å². The Balaban J connectivity index is 1.70. The summed E-state index contributed by atoms with van der Waals surface area (Å²) in [5, 5.41) is 4.98. The van der Waals surface area contributed by atoms with Crippen molar-refractivity contribution >= 4 is 35.1 Å². The Kier molecular flexibility index (Phi) is 6.35. The topological polar surface area (TPSA) is 97.0 Å². The first-order valence-electron chi connectivity index (χ1n) is 9.27. The number of hydrogen-bond donors (Lipinski definition) is 2. The number of carbonyl (C=O) groups excluding carboxylic acids is 3. The molecule has 0 unspecified atom stereocenters. The Morgan fingerprint density at radius 2 is 1.87 bits per heavy atom. The molecule has 1 aliphatic heterocycles. The molecule has 2 N–H and O–H groups in total. The molecular formula is C21H21ClFN3O5. The average molecular weight is 450 g/mol. The highest BCUT2D eigenvalue weighted by Crippen LogP contribution is 2.30. The highest BCUT2D eigenvalue weighted by atomic mass is 35.5. The zero-order valence-electron chi connectivity index (χ0n) is 17.1. The molecule has 0 aliphatic carbocycles. The molecule has 3 rings (SSSR count). The third-order valence-corrected chi connectivity index (χ3v) is 5.15. The smallest absolute Gasteiger partial charge is 0.325 e. The van der Waals surface area contributed by atoms with Crippen LogP contribution in [0.5, 0.6) is 11.5 Å². The van der Waals surface area contributed by atoms with Crippen molar-refractivity contribution in [2.24, 2.45) is 0 Å². The predicted molar refractivity (Wildman–Crippen MR) is 112 cm³/mol. The van der Waals surface area contributed by atoms with Crippen molar-refractivity contribution in [2.45, 2.75) is 18.9 Å². The number of carbonyl (C=O) groups is 3. The lowest BCUT2D eigenvalue weighted by atomic mass is 9.92. The van der Waals surface area contributed by atoms with E-state index in [1.165, 1.54) is 26.4 Å². The van der Waals surface area contributed by atoms with E-state index in [0.717, 1.165) is 16.5 Å². The molecular weight excluding hydrogens is 429 g/mol. The van der Waals surface area contributed by atoms with Crippen LogP contribution < -0.4 is 20.1 Å². The van der Waals surface area contributed by atoms with Crippen LogP contribution in [0.2, 0.25) is 5.02 Å². The first-order chi connectivity index (χ1) is 14.7. The van der Waals surface area contributed by atoms with Gasteiger partial charge in [-0.3, -0.25) is 14.5 Å². The van der Waals surface area contributed by atoms with Gasteiger partial charge in [0.2, 0.25) is 5.91 Å². The maximum Gasteiger partial charge on any atom is 0.325 e. The maximum absolute atomic E-state index is 13.3. The monoisotopic (exact) mass is 449 g/mol. The fourth-order valence-electron chi connectivity index (χ4n) is 3.33. The van der Waals surface area contributed by atoms with E-state index in [1.807, 2.05) is 0 Å². The third kappa shape index (κ3) is 4.72. The van der Waals surface area contributed by atoms with Gasteiger partial charge in [0.15, 0.2) is 11.5 Å². The lowest BCUT2D eigenvalue weighted by Crippen LogP contribution is -2.46. The summed E-state index contributed by atoms with van der Waals surface area (Å²) in [6.45, 7) is 1.09. The molecule has 1 atom stereocenters. The summed E-state index contributed by atoms with van der Waals surface area (Å²) in [5.74, 6) is -0.757. The van der Waals surface area contributed by atoms with Gasteiger partial charge in [0.05, 0.1) is 19.2 Å². The van der Waals surface area contributed by atoms with Gasteiger partial charge in [-0.15, -0.1) is 0 Å². The number of urea groups is 1. The van der Waals surface area contributed by atoms with Crippen LogP contribution in [0.1, 0.15) is 12.5 Å². The van der Waals surface area contributed by atoms with Gasteiger partial charge in [0.1, 0.15) is 17.9 Å². The van der Waals surface area contributed by atoms with Crippen molar-refractivity contribution in [3.63, 3.8) is 0 Å². The van der Waals surface area contributed by atoms with Crippen molar-refractivity contribution in [3.8, 4) is 11.5 Å². The second kappa shape index (κ2) is 8.81. The number of hydrogen-bond acceptors (Lipinski definition) is 5. The number of ether oxygens (including phenoxy) is 2. The van der Waals surface area contributed by atoms with Gasteiger partial charge < -0.3 is 20.1 Å². The number of nitrogens with one attached hydrogen (secondary N) is 2. The normalized spacial score (nSPS) is 18.0. The van der Waals surface area contributed by atoms with Crippen molar-refractivity contribution < 1.29 is 28.2 Å². The van der Waals surface area contributed by atoms with Gasteiger partial charge in [-0.25, -0.2) is 9.18 Å². The standard InChI is InChI=1S/C21H21ClFN3O5/c1-21(10-12-4-7-16(30-2)17(8-12)31-3)19(28)26(20(29)25-21)11-18(27)24-13-5-6-15(23)14(22)9-13/h4-9H,10-11H2,1-3H3,(H,24,27)(H,25,29)/t21-/m1/s1. The van der Waals surface area contributed by atoms with E-state index < -0.39 is 35.7 Å². The Bertz CT molecular complexity index is 1050. The molecule has 4 amide bonds. The van der Waals surface area contributed by atoms with Crippen LogP contribution >= 0.6 is 11.6 Å². The first-order valence-corrected chi connectivity index (χ1v) is 9.64. The summed E-state index contributed by atoms with van der Waals surface area (Å²) in [6, 6.07) is 8.18. The lowest BCUT2D eigenvalue weighted by molar-refractivity contribution is -0.133. The van der Waals surface area contributed by atoms with E-state index in [4.69, 9.17) is 21.1 Å². The molecule has 1 heterocycles. The Morgan fingerprint density at radius 1 is 1.16 bits per heavy atom. The van der Waals surface area contributed by atoms with Crippen molar-refractivity contribution in [2.75, 3.05) is 26.1 Å². The van der Waals surface area contributed by atoms with Crippen molar-refractivity contribution in [1.29, 1.82) is 0 Å². The Hall–Kier alpha value is -3.33. The minimum absolute atomic E-state index is 0.157. The second-order valence-electron chi connectivity index (χ2n) is 7.20. The molecule has 164 valence electrons. The molecule has 10 heteroatoms. The summed E-state index contributed by atoms with van der Waals surface area (Å²) < 4.78 is 23.7. The Labute approximate surface area is 183 Å². The fourth-order valence-corrected chi connectivity index (χ4v) is 3.51. The summed E-state index contributed by atoms with van der Waals surface area (Å²) >= 11 is 5.70. The van der Waals surface area contributed by atoms with Gasteiger partial charge in [0.25, 0.3) is 5.91 Å². The number of imide groups is 1. The van der Waals surface area contributed by atoms with E-state index in [1.54, 1.807) is 25.1 Å². The molecule has 0 radical (unpaired) electrons. The summed E-state index contributed by atoms with van der Waals surface area (Å²) in [4.78, 5) is 38.5. The van der Waals surface area contributed by atoms with Gasteiger partial charge in [-0.05, 0) is 42.8 Å². The van der Waals surface area contributed by atoms with E-state index in [2.05, 4.69) is 10.6 Å². The highest BCUT2D eigenvalue weighted by Gasteiger charge is 2.48. The first kappa shape index (κ1) is 22.4. The van der Waals surface area contributed by atoms with Crippen LogP contribution in [0.4, 0.5) is 14.9 Å². The van der Waals surface area contributed by atoms with Crippen molar-refractivity contribution in [1.82, 2.24) is 10.2 Å². The highest BCUT2D eigenvalue weighted by molar-refractivity contribution is 6.31. The van der Waals surface area contributed by atoms with Crippen LogP contribution in [-0.2, 0) is 16.0 Å². The second-order valence-corrected chi connectivity index (χ2v) is 7.60. The average Bonchev–Trinajstić information content (AvgIpc) is 2.93. The minimum Gasteiger partial charge on any atom is -0.493 e. The number of methoxy groups -OCH3 is 2. The minimum atomic E-state index is -1.24. The quantitative estimate of drug-likeness (QED) is 0.633. The molecule has 1 aliphatic rings. The molecule has 2 aromatic carbocycles.